The lowest BCUT2D eigenvalue weighted by molar-refractivity contribution is 0.0950. The first-order valence-electron chi connectivity index (χ1n) is 9.84. The van der Waals surface area contributed by atoms with Crippen molar-refractivity contribution in [3.63, 3.8) is 0 Å². The van der Waals surface area contributed by atoms with Gasteiger partial charge in [0.25, 0.3) is 17.0 Å². The van der Waals surface area contributed by atoms with Gasteiger partial charge in [-0.2, -0.15) is 5.10 Å². The summed E-state index contributed by atoms with van der Waals surface area (Å²) in [6, 6.07) is 11.1. The van der Waals surface area contributed by atoms with Crippen LogP contribution in [0.15, 0.2) is 64.7 Å². The summed E-state index contributed by atoms with van der Waals surface area (Å²) in [6.45, 7) is 2.99. The second-order valence-corrected chi connectivity index (χ2v) is 7.37. The van der Waals surface area contributed by atoms with Crippen LogP contribution in [-0.2, 0) is 20.1 Å². The van der Waals surface area contributed by atoms with Crippen molar-refractivity contribution >= 4 is 16.9 Å². The molecule has 3 heterocycles. The second kappa shape index (κ2) is 8.39. The molecule has 0 saturated heterocycles. The summed E-state index contributed by atoms with van der Waals surface area (Å²) in [5, 5.41) is 7.37. The zero-order valence-electron chi connectivity index (χ0n) is 17.3. The normalized spacial score (nSPS) is 11.0. The number of aromatic nitrogens is 5. The maximum absolute atomic E-state index is 12.8. The van der Waals surface area contributed by atoms with Gasteiger partial charge in [0.15, 0.2) is 5.65 Å². The van der Waals surface area contributed by atoms with Crippen molar-refractivity contribution in [2.75, 3.05) is 6.54 Å². The topological polar surface area (TPSA) is 104 Å². The largest absolute Gasteiger partial charge is 0.350 e. The molecule has 0 aliphatic heterocycles. The van der Waals surface area contributed by atoms with Gasteiger partial charge in [-0.15, -0.1) is 0 Å². The molecule has 0 atom stereocenters. The Kier molecular flexibility index (Phi) is 5.48. The van der Waals surface area contributed by atoms with Gasteiger partial charge in [0.05, 0.1) is 19.3 Å². The first kappa shape index (κ1) is 20.3. The van der Waals surface area contributed by atoms with Gasteiger partial charge in [-0.25, -0.2) is 9.67 Å². The number of aryl methyl sites for hydroxylation is 2. The maximum atomic E-state index is 12.8. The van der Waals surface area contributed by atoms with Crippen LogP contribution >= 0.6 is 0 Å². The molecule has 1 amide bonds. The zero-order valence-corrected chi connectivity index (χ0v) is 17.3. The summed E-state index contributed by atoms with van der Waals surface area (Å²) < 4.78 is 4.47. The van der Waals surface area contributed by atoms with E-state index in [1.54, 1.807) is 28.6 Å². The molecular formula is C22H22N6O3. The van der Waals surface area contributed by atoms with Gasteiger partial charge < -0.3 is 9.88 Å². The molecule has 1 aromatic carbocycles. The molecular weight excluding hydrogens is 396 g/mol. The Hall–Kier alpha value is -4.01. The van der Waals surface area contributed by atoms with E-state index in [1.807, 2.05) is 31.2 Å². The van der Waals surface area contributed by atoms with Crippen LogP contribution in [0.4, 0.5) is 0 Å². The summed E-state index contributed by atoms with van der Waals surface area (Å²) in [5.74, 6) is -0.453. The highest BCUT2D eigenvalue weighted by molar-refractivity contribution is 5.93. The van der Waals surface area contributed by atoms with E-state index in [2.05, 4.69) is 15.4 Å². The van der Waals surface area contributed by atoms with Crippen molar-refractivity contribution in [3.8, 4) is 0 Å². The van der Waals surface area contributed by atoms with Crippen molar-refractivity contribution in [2.45, 2.75) is 20.0 Å². The van der Waals surface area contributed by atoms with E-state index in [1.165, 1.54) is 23.2 Å². The monoisotopic (exact) mass is 418 g/mol. The van der Waals surface area contributed by atoms with Gasteiger partial charge in [-0.05, 0) is 24.6 Å². The number of carbonyl (C=O) groups excluding carboxylic acids is 1. The molecule has 0 bridgehead atoms. The van der Waals surface area contributed by atoms with E-state index in [0.717, 1.165) is 11.1 Å². The molecule has 9 nitrogen and oxygen atoms in total. The molecule has 4 aromatic rings. The smallest absolute Gasteiger partial charge is 0.264 e. The number of hydrogen-bond acceptors (Lipinski definition) is 5. The Bertz CT molecular complexity index is 1380. The summed E-state index contributed by atoms with van der Waals surface area (Å²) in [5.41, 5.74) is 2.14. The number of nitrogens with one attached hydrogen (secondary N) is 1. The van der Waals surface area contributed by atoms with Crippen molar-refractivity contribution < 1.29 is 4.79 Å². The van der Waals surface area contributed by atoms with E-state index in [-0.39, 0.29) is 23.2 Å². The van der Waals surface area contributed by atoms with E-state index in [9.17, 15) is 14.4 Å². The third kappa shape index (κ3) is 4.16. The predicted octanol–water partition coefficient (Wildman–Crippen LogP) is 1.08. The molecule has 9 heteroatoms. The van der Waals surface area contributed by atoms with E-state index >= 15 is 0 Å². The molecule has 4 rings (SSSR count). The Morgan fingerprint density at radius 2 is 1.97 bits per heavy atom. The average molecular weight is 418 g/mol. The van der Waals surface area contributed by atoms with Crippen molar-refractivity contribution in [1.82, 2.24) is 29.2 Å². The number of carbonyl (C=O) groups is 1. The van der Waals surface area contributed by atoms with Gasteiger partial charge in [-0.1, -0.05) is 29.8 Å². The van der Waals surface area contributed by atoms with E-state index < -0.39 is 5.91 Å². The first-order chi connectivity index (χ1) is 14.9. The number of benzene rings is 1. The third-order valence-electron chi connectivity index (χ3n) is 5.03. The van der Waals surface area contributed by atoms with E-state index in [0.29, 0.717) is 24.1 Å². The lowest BCUT2D eigenvalue weighted by Gasteiger charge is -2.08. The maximum Gasteiger partial charge on any atom is 0.264 e. The van der Waals surface area contributed by atoms with Crippen molar-refractivity contribution in [3.05, 3.63) is 92.5 Å². The highest BCUT2D eigenvalue weighted by atomic mass is 16.2. The van der Waals surface area contributed by atoms with Crippen LogP contribution in [0.3, 0.4) is 0 Å². The summed E-state index contributed by atoms with van der Waals surface area (Å²) in [7, 11) is 1.59. The second-order valence-electron chi connectivity index (χ2n) is 7.37. The molecule has 0 aliphatic rings. The van der Waals surface area contributed by atoms with Gasteiger partial charge >= 0.3 is 0 Å². The van der Waals surface area contributed by atoms with Gasteiger partial charge in [0.1, 0.15) is 17.3 Å². The first-order valence-corrected chi connectivity index (χ1v) is 9.84. The van der Waals surface area contributed by atoms with Gasteiger partial charge in [-0.3, -0.25) is 19.0 Å². The van der Waals surface area contributed by atoms with E-state index in [4.69, 9.17) is 0 Å². The summed E-state index contributed by atoms with van der Waals surface area (Å²) in [4.78, 5) is 41.5. The van der Waals surface area contributed by atoms with Gasteiger partial charge in [0.2, 0.25) is 0 Å². The minimum absolute atomic E-state index is 0.0764. The minimum Gasteiger partial charge on any atom is -0.350 e. The molecule has 0 radical (unpaired) electrons. The molecule has 0 fully saturated rings. The highest BCUT2D eigenvalue weighted by Crippen LogP contribution is 2.08. The Labute approximate surface area is 177 Å². The Balaban J connectivity index is 1.47. The SMILES string of the molecule is Cc1cccc(Cn2cnc3c(cnn3CCNC(=O)c3cccn(C)c3=O)c2=O)c1. The van der Waals surface area contributed by atoms with Crippen LogP contribution in [0, 0.1) is 6.92 Å². The van der Waals surface area contributed by atoms with Crippen LogP contribution < -0.4 is 16.4 Å². The minimum atomic E-state index is -0.453. The molecule has 0 spiro atoms. The summed E-state index contributed by atoms with van der Waals surface area (Å²) in [6.07, 6.45) is 4.59. The quantitative estimate of drug-likeness (QED) is 0.505. The molecule has 158 valence electrons. The number of rotatable bonds is 6. The molecule has 0 unspecified atom stereocenters. The molecule has 0 saturated carbocycles. The number of nitrogens with zero attached hydrogens (tertiary/aromatic N) is 5. The fraction of sp³-hybridized carbons (Fsp3) is 0.227. The Morgan fingerprint density at radius 3 is 2.77 bits per heavy atom. The van der Waals surface area contributed by atoms with Crippen LogP contribution in [0.2, 0.25) is 0 Å². The molecule has 0 aliphatic carbocycles. The van der Waals surface area contributed by atoms with Crippen LogP contribution in [0.5, 0.6) is 0 Å². The van der Waals surface area contributed by atoms with Crippen molar-refractivity contribution in [2.24, 2.45) is 7.05 Å². The molecule has 3 aromatic heterocycles. The summed E-state index contributed by atoms with van der Waals surface area (Å²) >= 11 is 0. The molecule has 1 N–H and O–H groups in total. The van der Waals surface area contributed by atoms with Crippen LogP contribution in [-0.4, -0.2) is 36.4 Å². The zero-order chi connectivity index (χ0) is 22.0. The lowest BCUT2D eigenvalue weighted by Crippen LogP contribution is -2.33. The van der Waals surface area contributed by atoms with Crippen LogP contribution in [0.1, 0.15) is 21.5 Å². The third-order valence-corrected chi connectivity index (χ3v) is 5.03. The Morgan fingerprint density at radius 1 is 1.13 bits per heavy atom. The number of hydrogen-bond donors (Lipinski definition) is 1. The molecule has 31 heavy (non-hydrogen) atoms. The average Bonchev–Trinajstić information content (AvgIpc) is 3.16. The number of pyridine rings is 1. The van der Waals surface area contributed by atoms with Gasteiger partial charge in [0, 0.05) is 19.8 Å². The standard InChI is InChI=1S/C22H22N6O3/c1-15-5-3-6-16(11-15)13-27-14-24-19-18(22(27)31)12-25-28(19)10-8-23-20(29)17-7-4-9-26(2)21(17)30/h3-7,9,11-12,14H,8,10,13H2,1-2H3,(H,23,29). The number of amides is 1. The van der Waals surface area contributed by atoms with Crippen molar-refractivity contribution in [1.29, 1.82) is 0 Å². The lowest BCUT2D eigenvalue weighted by atomic mass is 10.1. The number of fused-ring (bicyclic) bond motifs is 1. The fourth-order valence-corrected chi connectivity index (χ4v) is 3.42. The highest BCUT2D eigenvalue weighted by Gasteiger charge is 2.13. The predicted molar refractivity (Wildman–Crippen MR) is 116 cm³/mol. The van der Waals surface area contributed by atoms with Crippen LogP contribution in [0.25, 0.3) is 11.0 Å². The fourth-order valence-electron chi connectivity index (χ4n) is 3.42.